The van der Waals surface area contributed by atoms with Crippen molar-refractivity contribution in [3.8, 4) is 5.75 Å². The van der Waals surface area contributed by atoms with Gasteiger partial charge in [-0.1, -0.05) is 0 Å². The van der Waals surface area contributed by atoms with Crippen molar-refractivity contribution >= 4 is 21.8 Å². The highest BCUT2D eigenvalue weighted by Gasteiger charge is 2.27. The Morgan fingerprint density at radius 2 is 1.56 bits per heavy atom. The second kappa shape index (κ2) is 10.1. The summed E-state index contributed by atoms with van der Waals surface area (Å²) in [6.07, 6.45) is 1.66. The zero-order valence-electron chi connectivity index (χ0n) is 18.0. The maximum Gasteiger partial charge on any atom is 0.305 e. The number of amides is 2. The molecule has 2 aromatic carbocycles. The third kappa shape index (κ3) is 5.43. The molecule has 2 heterocycles. The van der Waals surface area contributed by atoms with Crippen molar-refractivity contribution < 1.29 is 31.6 Å². The van der Waals surface area contributed by atoms with Crippen LogP contribution in [-0.2, 0) is 16.6 Å². The van der Waals surface area contributed by atoms with Gasteiger partial charge in [-0.2, -0.15) is 4.31 Å². The van der Waals surface area contributed by atoms with Gasteiger partial charge in [-0.25, -0.2) is 12.8 Å². The van der Waals surface area contributed by atoms with Crippen LogP contribution in [0.15, 0.2) is 70.0 Å². The molecule has 9 nitrogen and oxygen atoms in total. The predicted molar refractivity (Wildman–Crippen MR) is 119 cm³/mol. The number of ether oxygens (including phenoxy) is 1. The number of hydrogen-bond acceptors (Lipinski definition) is 6. The first-order valence-electron chi connectivity index (χ1n) is 10.5. The van der Waals surface area contributed by atoms with Crippen molar-refractivity contribution in [1.29, 1.82) is 0 Å². The van der Waals surface area contributed by atoms with E-state index in [1.165, 1.54) is 58.9 Å². The first kappa shape index (κ1) is 23.5. The smallest absolute Gasteiger partial charge is 0.305 e. The fourth-order valence-electron chi connectivity index (χ4n) is 3.37. The monoisotopic (exact) mass is 487 g/mol. The number of sulfonamides is 1. The summed E-state index contributed by atoms with van der Waals surface area (Å²) in [5, 5.41) is 0. The van der Waals surface area contributed by atoms with Crippen LogP contribution in [0.25, 0.3) is 0 Å². The summed E-state index contributed by atoms with van der Waals surface area (Å²) < 4.78 is 50.3. The van der Waals surface area contributed by atoms with Gasteiger partial charge in [-0.3, -0.25) is 20.4 Å². The predicted octanol–water partition coefficient (Wildman–Crippen LogP) is 2.86. The molecular weight excluding hydrogens is 465 g/mol. The largest absolute Gasteiger partial charge is 0.486 e. The van der Waals surface area contributed by atoms with Crippen LogP contribution in [-0.4, -0.2) is 37.6 Å². The Kier molecular flexibility index (Phi) is 6.94. The van der Waals surface area contributed by atoms with Crippen molar-refractivity contribution in [2.75, 3.05) is 13.1 Å². The van der Waals surface area contributed by atoms with Crippen LogP contribution in [0.1, 0.15) is 39.5 Å². The molecule has 0 saturated carbocycles. The number of nitrogens with one attached hydrogen (secondary N) is 2. The normalized spacial score (nSPS) is 14.0. The van der Waals surface area contributed by atoms with Crippen molar-refractivity contribution in [2.24, 2.45) is 0 Å². The molecule has 34 heavy (non-hydrogen) atoms. The molecule has 11 heteroatoms. The van der Waals surface area contributed by atoms with E-state index < -0.39 is 21.8 Å². The van der Waals surface area contributed by atoms with E-state index in [2.05, 4.69) is 10.9 Å². The highest BCUT2D eigenvalue weighted by Crippen LogP contribution is 2.21. The summed E-state index contributed by atoms with van der Waals surface area (Å²) in [6.45, 7) is 1.00. The number of furan rings is 1. The number of hydrazine groups is 1. The Hall–Kier alpha value is -3.70. The van der Waals surface area contributed by atoms with Crippen LogP contribution in [0, 0.1) is 5.82 Å². The minimum atomic E-state index is -3.57. The van der Waals surface area contributed by atoms with Gasteiger partial charge in [0.25, 0.3) is 5.91 Å². The van der Waals surface area contributed by atoms with Crippen LogP contribution < -0.4 is 15.6 Å². The maximum absolute atomic E-state index is 12.9. The van der Waals surface area contributed by atoms with Crippen LogP contribution >= 0.6 is 0 Å². The molecule has 0 atom stereocenters. The van der Waals surface area contributed by atoms with E-state index in [-0.39, 0.29) is 28.6 Å². The van der Waals surface area contributed by atoms with Gasteiger partial charge < -0.3 is 9.15 Å². The molecule has 4 rings (SSSR count). The highest BCUT2D eigenvalue weighted by atomic mass is 32.2. The average Bonchev–Trinajstić information content (AvgIpc) is 3.55. The van der Waals surface area contributed by atoms with Gasteiger partial charge in [0.1, 0.15) is 23.9 Å². The first-order valence-corrected chi connectivity index (χ1v) is 11.9. The highest BCUT2D eigenvalue weighted by molar-refractivity contribution is 7.89. The summed E-state index contributed by atoms with van der Waals surface area (Å²) in [7, 11) is -3.57. The number of nitrogens with zero attached hydrogens (tertiary/aromatic N) is 1. The lowest BCUT2D eigenvalue weighted by molar-refractivity contribution is 0.0828. The Morgan fingerprint density at radius 3 is 2.24 bits per heavy atom. The maximum atomic E-state index is 12.9. The molecule has 3 aromatic rings. The van der Waals surface area contributed by atoms with Crippen LogP contribution in [0.3, 0.4) is 0 Å². The summed E-state index contributed by atoms with van der Waals surface area (Å²) in [4.78, 5) is 24.7. The molecular formula is C23H22FN3O6S. The molecule has 1 aromatic heterocycles. The fourth-order valence-corrected chi connectivity index (χ4v) is 4.88. The van der Waals surface area contributed by atoms with Gasteiger partial charge >= 0.3 is 5.91 Å². The van der Waals surface area contributed by atoms with Gasteiger partial charge in [0.2, 0.25) is 10.0 Å². The third-order valence-corrected chi connectivity index (χ3v) is 7.10. The van der Waals surface area contributed by atoms with Gasteiger partial charge in [0.15, 0.2) is 5.76 Å². The van der Waals surface area contributed by atoms with Crippen LogP contribution in [0.2, 0.25) is 0 Å². The van der Waals surface area contributed by atoms with Crippen LogP contribution in [0.4, 0.5) is 4.39 Å². The third-order valence-electron chi connectivity index (χ3n) is 5.19. The minimum absolute atomic E-state index is 0.0258. The number of carbonyl (C=O) groups excluding carboxylic acids is 2. The molecule has 0 aliphatic carbocycles. The van der Waals surface area contributed by atoms with Gasteiger partial charge in [-0.15, -0.1) is 0 Å². The number of hydrogen-bond donors (Lipinski definition) is 2. The van der Waals surface area contributed by atoms with E-state index in [4.69, 9.17) is 9.15 Å². The lowest BCUT2D eigenvalue weighted by atomic mass is 10.2. The summed E-state index contributed by atoms with van der Waals surface area (Å²) >= 11 is 0. The standard InChI is InChI=1S/C23H22FN3O6S/c24-17-5-7-18(8-6-17)32-15-19-9-12-21(33-19)23(29)26-25-22(28)16-3-10-20(11-4-16)34(30,31)27-13-1-2-14-27/h3-12H,1-2,13-15H2,(H,25,28)(H,26,29). The zero-order chi connectivity index (χ0) is 24.1. The Labute approximate surface area is 195 Å². The molecule has 2 N–H and O–H groups in total. The molecule has 178 valence electrons. The average molecular weight is 488 g/mol. The molecule has 0 spiro atoms. The van der Waals surface area contributed by atoms with E-state index in [9.17, 15) is 22.4 Å². The number of benzene rings is 2. The van der Waals surface area contributed by atoms with E-state index in [1.54, 1.807) is 6.07 Å². The summed E-state index contributed by atoms with van der Waals surface area (Å²) in [6, 6.07) is 13.9. The molecule has 0 radical (unpaired) electrons. The molecule has 1 aliphatic heterocycles. The van der Waals surface area contributed by atoms with Gasteiger partial charge in [0.05, 0.1) is 4.90 Å². The number of carbonyl (C=O) groups is 2. The summed E-state index contributed by atoms with van der Waals surface area (Å²) in [5.41, 5.74) is 4.67. The minimum Gasteiger partial charge on any atom is -0.486 e. The molecule has 2 amide bonds. The second-order valence-corrected chi connectivity index (χ2v) is 9.49. The van der Waals surface area contributed by atoms with Crippen molar-refractivity contribution in [1.82, 2.24) is 15.2 Å². The van der Waals surface area contributed by atoms with E-state index in [0.717, 1.165) is 12.8 Å². The Bertz CT molecular complexity index is 1270. The quantitative estimate of drug-likeness (QED) is 0.495. The van der Waals surface area contributed by atoms with E-state index in [0.29, 0.717) is 24.6 Å². The Balaban J connectivity index is 1.29. The molecule has 0 unspecified atom stereocenters. The lowest BCUT2D eigenvalue weighted by Gasteiger charge is -2.15. The molecule has 1 saturated heterocycles. The number of rotatable bonds is 7. The van der Waals surface area contributed by atoms with Gasteiger partial charge in [-0.05, 0) is 73.5 Å². The lowest BCUT2D eigenvalue weighted by Crippen LogP contribution is -2.41. The molecule has 0 bridgehead atoms. The summed E-state index contributed by atoms with van der Waals surface area (Å²) in [5.74, 6) is -0.940. The number of halogens is 1. The first-order chi connectivity index (χ1) is 16.3. The molecule has 1 aliphatic rings. The second-order valence-electron chi connectivity index (χ2n) is 7.55. The fraction of sp³-hybridized carbons (Fsp3) is 0.217. The van der Waals surface area contributed by atoms with Crippen LogP contribution in [0.5, 0.6) is 5.75 Å². The van der Waals surface area contributed by atoms with Gasteiger partial charge in [0, 0.05) is 18.7 Å². The van der Waals surface area contributed by atoms with E-state index >= 15 is 0 Å². The SMILES string of the molecule is O=C(NNC(=O)c1ccc(COc2ccc(F)cc2)o1)c1ccc(S(=O)(=O)N2CCCC2)cc1. The molecule has 1 fully saturated rings. The Morgan fingerprint density at radius 1 is 0.912 bits per heavy atom. The topological polar surface area (TPSA) is 118 Å². The van der Waals surface area contributed by atoms with E-state index in [1.807, 2.05) is 0 Å². The zero-order valence-corrected chi connectivity index (χ0v) is 18.8. The van der Waals surface area contributed by atoms with Crippen molar-refractivity contribution in [2.45, 2.75) is 24.3 Å². The van der Waals surface area contributed by atoms with Crippen molar-refractivity contribution in [3.63, 3.8) is 0 Å². The van der Waals surface area contributed by atoms with Crippen molar-refractivity contribution in [3.05, 3.63) is 83.6 Å².